The minimum atomic E-state index is -0.601. The number of rotatable bonds is 6. The maximum absolute atomic E-state index is 13.5. The van der Waals surface area contributed by atoms with Crippen molar-refractivity contribution in [3.63, 3.8) is 0 Å². The van der Waals surface area contributed by atoms with Crippen molar-refractivity contribution in [2.45, 2.75) is 16.3 Å². The lowest BCUT2D eigenvalue weighted by atomic mass is 10.1. The smallest absolute Gasteiger partial charge is 0.157 e. The van der Waals surface area contributed by atoms with Crippen LogP contribution in [-0.2, 0) is 6.54 Å². The third-order valence-electron chi connectivity index (χ3n) is 5.73. The lowest BCUT2D eigenvalue weighted by Gasteiger charge is -2.34. The summed E-state index contributed by atoms with van der Waals surface area (Å²) in [5, 5.41) is 11.5. The summed E-state index contributed by atoms with van der Waals surface area (Å²) in [6, 6.07) is 14.0. The molecule has 0 unspecified atom stereocenters. The molecule has 33 heavy (non-hydrogen) atoms. The van der Waals surface area contributed by atoms with Gasteiger partial charge in [0.15, 0.2) is 11.5 Å². The van der Waals surface area contributed by atoms with Crippen molar-refractivity contribution in [2.75, 3.05) is 43.4 Å². The van der Waals surface area contributed by atoms with Crippen LogP contribution < -0.4 is 10.2 Å². The molecule has 0 spiro atoms. The van der Waals surface area contributed by atoms with Crippen LogP contribution in [-0.4, -0.2) is 53.3 Å². The number of halogens is 2. The third kappa shape index (κ3) is 5.09. The van der Waals surface area contributed by atoms with Crippen molar-refractivity contribution in [2.24, 2.45) is 0 Å². The highest BCUT2D eigenvalue weighted by Crippen LogP contribution is 2.31. The van der Waals surface area contributed by atoms with Gasteiger partial charge in [-0.3, -0.25) is 5.10 Å². The molecule has 170 valence electrons. The van der Waals surface area contributed by atoms with E-state index in [2.05, 4.69) is 61.6 Å². The highest BCUT2D eigenvalue weighted by molar-refractivity contribution is 7.99. The van der Waals surface area contributed by atoms with Crippen LogP contribution >= 0.6 is 11.8 Å². The number of nitrogens with one attached hydrogen (secondary N) is 2. The summed E-state index contributed by atoms with van der Waals surface area (Å²) in [7, 11) is 2.16. The number of hydrogen-bond donors (Lipinski definition) is 2. The number of likely N-dealkylation sites (N-methyl/N-ethyl adjacent to an activating group) is 1. The van der Waals surface area contributed by atoms with Crippen LogP contribution in [0.3, 0.4) is 0 Å². The van der Waals surface area contributed by atoms with E-state index in [-0.39, 0.29) is 0 Å². The quantitative estimate of drug-likeness (QED) is 0.428. The van der Waals surface area contributed by atoms with Gasteiger partial charge in [0.1, 0.15) is 11.6 Å². The van der Waals surface area contributed by atoms with E-state index in [1.807, 2.05) is 6.07 Å². The number of nitrogens with zero attached hydrogens (tertiary/aromatic N) is 4. The van der Waals surface area contributed by atoms with Crippen LogP contribution in [0.1, 0.15) is 5.56 Å². The Morgan fingerprint density at radius 1 is 0.970 bits per heavy atom. The summed E-state index contributed by atoms with van der Waals surface area (Å²) in [4.78, 5) is 10.4. The van der Waals surface area contributed by atoms with Crippen LogP contribution in [0.5, 0.6) is 0 Å². The Kier molecular flexibility index (Phi) is 6.15. The monoisotopic (exact) mass is 466 g/mol. The first-order valence-electron chi connectivity index (χ1n) is 10.8. The zero-order valence-electron chi connectivity index (χ0n) is 18.2. The molecule has 1 aliphatic heterocycles. The highest BCUT2D eigenvalue weighted by Gasteiger charge is 2.14. The number of hydrogen-bond acceptors (Lipinski definition) is 6. The molecule has 0 saturated carbocycles. The normalized spacial score (nSPS) is 14.7. The number of pyridine rings is 1. The summed E-state index contributed by atoms with van der Waals surface area (Å²) >= 11 is 1.25. The zero-order valence-corrected chi connectivity index (χ0v) is 19.0. The fourth-order valence-corrected chi connectivity index (χ4v) is 4.77. The Hall–Kier alpha value is -3.17. The second-order valence-electron chi connectivity index (χ2n) is 8.16. The molecule has 2 aromatic carbocycles. The first-order valence-corrected chi connectivity index (χ1v) is 11.6. The fraction of sp³-hybridized carbons (Fsp3) is 0.250. The van der Waals surface area contributed by atoms with Crippen LogP contribution in [0.25, 0.3) is 11.0 Å². The Morgan fingerprint density at radius 2 is 1.70 bits per heavy atom. The van der Waals surface area contributed by atoms with Gasteiger partial charge in [0.25, 0.3) is 0 Å². The molecule has 3 heterocycles. The largest absolute Gasteiger partial charge is 0.369 e. The van der Waals surface area contributed by atoms with Gasteiger partial charge in [0.05, 0.1) is 5.39 Å². The minimum Gasteiger partial charge on any atom is -0.369 e. The van der Waals surface area contributed by atoms with Crippen molar-refractivity contribution in [3.8, 4) is 0 Å². The molecular weight excluding hydrogens is 442 g/mol. The molecular formula is C24H24F2N6S. The van der Waals surface area contributed by atoms with Crippen LogP contribution in [0.15, 0.2) is 64.5 Å². The molecule has 6 nitrogen and oxygen atoms in total. The molecule has 0 amide bonds. The maximum Gasteiger partial charge on any atom is 0.157 e. The van der Waals surface area contributed by atoms with E-state index in [0.717, 1.165) is 48.1 Å². The standard InChI is InChI=1S/C24H24F2N6S/c1-31-6-8-32(9-7-31)19-4-2-16(3-5-19)14-27-23-22-13-21(15-28-24(22)30-29-23)33-20-11-17(25)10-18(26)12-20/h2-5,10-13,15H,6-9,14H2,1H3,(H2,27,28,29,30). The number of fused-ring (bicyclic) bond motifs is 1. The number of benzene rings is 2. The van der Waals surface area contributed by atoms with E-state index < -0.39 is 11.6 Å². The fourth-order valence-electron chi connectivity index (χ4n) is 3.87. The SMILES string of the molecule is CN1CCN(c2ccc(CNc3n[nH]c4ncc(Sc5cc(F)cc(F)c5)cc34)cc2)CC1. The average molecular weight is 467 g/mol. The van der Waals surface area contributed by atoms with Crippen molar-refractivity contribution < 1.29 is 8.78 Å². The third-order valence-corrected chi connectivity index (χ3v) is 6.66. The van der Waals surface area contributed by atoms with Gasteiger partial charge < -0.3 is 15.1 Å². The molecule has 4 aromatic rings. The predicted molar refractivity (Wildman–Crippen MR) is 128 cm³/mol. The van der Waals surface area contributed by atoms with Crippen molar-refractivity contribution in [1.82, 2.24) is 20.1 Å². The van der Waals surface area contributed by atoms with Gasteiger partial charge in [-0.15, -0.1) is 0 Å². The number of piperazine rings is 1. The molecule has 1 fully saturated rings. The molecule has 9 heteroatoms. The Labute approximate surface area is 195 Å². The maximum atomic E-state index is 13.5. The second kappa shape index (κ2) is 9.36. The van der Waals surface area contributed by atoms with Gasteiger partial charge in [-0.25, -0.2) is 13.8 Å². The number of aromatic nitrogens is 3. The molecule has 1 saturated heterocycles. The van der Waals surface area contributed by atoms with E-state index in [9.17, 15) is 8.78 Å². The molecule has 5 rings (SSSR count). The number of aromatic amines is 1. The Balaban J connectivity index is 1.26. The van der Waals surface area contributed by atoms with E-state index in [1.165, 1.54) is 29.6 Å². The summed E-state index contributed by atoms with van der Waals surface area (Å²) in [5.41, 5.74) is 3.05. The summed E-state index contributed by atoms with van der Waals surface area (Å²) in [5.74, 6) is -0.514. The van der Waals surface area contributed by atoms with E-state index >= 15 is 0 Å². The molecule has 0 radical (unpaired) electrons. The minimum absolute atomic E-state index is 0.479. The van der Waals surface area contributed by atoms with Crippen LogP contribution in [0.2, 0.25) is 0 Å². The topological polar surface area (TPSA) is 60.1 Å². The Morgan fingerprint density at radius 3 is 2.42 bits per heavy atom. The first-order chi connectivity index (χ1) is 16.0. The Bertz CT molecular complexity index is 1230. The van der Waals surface area contributed by atoms with E-state index in [0.29, 0.717) is 22.9 Å². The van der Waals surface area contributed by atoms with Crippen molar-refractivity contribution >= 4 is 34.3 Å². The summed E-state index contributed by atoms with van der Waals surface area (Å²) in [6.07, 6.45) is 1.66. The van der Waals surface area contributed by atoms with E-state index in [1.54, 1.807) is 6.20 Å². The zero-order chi connectivity index (χ0) is 22.8. The number of H-pyrrole nitrogens is 1. The second-order valence-corrected chi connectivity index (χ2v) is 9.30. The van der Waals surface area contributed by atoms with Crippen molar-refractivity contribution in [3.05, 3.63) is 71.9 Å². The average Bonchev–Trinajstić information content (AvgIpc) is 3.20. The van der Waals surface area contributed by atoms with Gasteiger partial charge in [0, 0.05) is 60.5 Å². The van der Waals surface area contributed by atoms with Gasteiger partial charge in [-0.05, 0) is 42.9 Å². The first kappa shape index (κ1) is 21.7. The van der Waals surface area contributed by atoms with E-state index in [4.69, 9.17) is 0 Å². The molecule has 0 bridgehead atoms. The predicted octanol–water partition coefficient (Wildman–Crippen LogP) is 4.75. The molecule has 2 aromatic heterocycles. The van der Waals surface area contributed by atoms with Crippen molar-refractivity contribution in [1.29, 1.82) is 0 Å². The number of anilines is 2. The molecule has 0 atom stereocenters. The lowest BCUT2D eigenvalue weighted by Crippen LogP contribution is -2.44. The van der Waals surface area contributed by atoms with Gasteiger partial charge in [-0.1, -0.05) is 23.9 Å². The summed E-state index contributed by atoms with van der Waals surface area (Å²) in [6.45, 7) is 4.87. The van der Waals surface area contributed by atoms with Gasteiger partial charge in [-0.2, -0.15) is 5.10 Å². The molecule has 1 aliphatic rings. The molecule has 2 N–H and O–H groups in total. The van der Waals surface area contributed by atoms with Gasteiger partial charge in [0.2, 0.25) is 0 Å². The van der Waals surface area contributed by atoms with Gasteiger partial charge >= 0.3 is 0 Å². The summed E-state index contributed by atoms with van der Waals surface area (Å²) < 4.78 is 27.0. The highest BCUT2D eigenvalue weighted by atomic mass is 32.2. The van der Waals surface area contributed by atoms with Crippen LogP contribution in [0, 0.1) is 11.6 Å². The molecule has 0 aliphatic carbocycles. The lowest BCUT2D eigenvalue weighted by molar-refractivity contribution is 0.313. The van der Waals surface area contributed by atoms with Crippen LogP contribution in [0.4, 0.5) is 20.3 Å².